The summed E-state index contributed by atoms with van der Waals surface area (Å²) < 4.78 is 1.37. The van der Waals surface area contributed by atoms with Crippen molar-refractivity contribution in [2.45, 2.75) is 25.3 Å². The summed E-state index contributed by atoms with van der Waals surface area (Å²) in [6, 6.07) is 9.84. The number of likely N-dealkylation sites (tertiary alicyclic amines) is 1. The first-order valence-corrected chi connectivity index (χ1v) is 7.71. The van der Waals surface area contributed by atoms with Gasteiger partial charge in [0.15, 0.2) is 5.69 Å². The zero-order chi connectivity index (χ0) is 16.4. The summed E-state index contributed by atoms with van der Waals surface area (Å²) in [7, 11) is 1.62. The Kier molecular flexibility index (Phi) is 4.14. The van der Waals surface area contributed by atoms with Crippen LogP contribution in [0, 0.1) is 0 Å². The predicted octanol–water partition coefficient (Wildman–Crippen LogP) is 2.49. The van der Waals surface area contributed by atoms with Gasteiger partial charge in [-0.05, 0) is 24.8 Å². The van der Waals surface area contributed by atoms with E-state index in [0.717, 1.165) is 24.8 Å². The second kappa shape index (κ2) is 6.24. The fraction of sp³-hybridized carbons (Fsp3) is 0.353. The lowest BCUT2D eigenvalue weighted by atomic mass is 9.94. The molecule has 2 heterocycles. The molecule has 1 saturated heterocycles. The van der Waals surface area contributed by atoms with E-state index in [1.807, 2.05) is 30.3 Å². The van der Waals surface area contributed by atoms with E-state index in [1.165, 1.54) is 10.9 Å². The first-order chi connectivity index (χ1) is 11.1. The minimum Gasteiger partial charge on any atom is -0.478 e. The lowest BCUT2D eigenvalue weighted by Crippen LogP contribution is -2.39. The second-order valence-electron chi connectivity index (χ2n) is 5.79. The number of aromatic carboxylic acids is 1. The third kappa shape index (κ3) is 2.97. The molecule has 0 saturated carbocycles. The summed E-state index contributed by atoms with van der Waals surface area (Å²) in [5.41, 5.74) is 1.05. The van der Waals surface area contributed by atoms with E-state index in [0.29, 0.717) is 6.54 Å². The van der Waals surface area contributed by atoms with Crippen molar-refractivity contribution in [2.24, 2.45) is 7.05 Å². The zero-order valence-corrected chi connectivity index (χ0v) is 13.0. The van der Waals surface area contributed by atoms with E-state index in [2.05, 4.69) is 5.10 Å². The SMILES string of the molecule is Cn1cc(C(=O)O)c(C(=O)N2CCCCC2c2ccccc2)n1. The molecule has 3 rings (SSSR count). The highest BCUT2D eigenvalue weighted by atomic mass is 16.4. The zero-order valence-electron chi connectivity index (χ0n) is 13.0. The molecule has 0 radical (unpaired) electrons. The average molecular weight is 313 g/mol. The molecule has 1 aliphatic rings. The summed E-state index contributed by atoms with van der Waals surface area (Å²) in [5.74, 6) is -1.44. The van der Waals surface area contributed by atoms with Gasteiger partial charge in [-0.2, -0.15) is 5.10 Å². The Balaban J connectivity index is 1.95. The molecule has 1 aromatic heterocycles. The molecule has 0 aliphatic carbocycles. The molecule has 1 aromatic carbocycles. The van der Waals surface area contributed by atoms with Gasteiger partial charge in [0.2, 0.25) is 0 Å². The van der Waals surface area contributed by atoms with Crippen molar-refractivity contribution in [3.05, 3.63) is 53.3 Å². The Morgan fingerprint density at radius 2 is 1.96 bits per heavy atom. The third-order valence-electron chi connectivity index (χ3n) is 4.21. The maximum absolute atomic E-state index is 12.9. The number of aromatic nitrogens is 2. The number of benzene rings is 1. The van der Waals surface area contributed by atoms with E-state index in [4.69, 9.17) is 0 Å². The Hall–Kier alpha value is -2.63. The number of carboxylic acid groups (broad SMARTS) is 1. The number of piperidine rings is 1. The lowest BCUT2D eigenvalue weighted by Gasteiger charge is -2.35. The topological polar surface area (TPSA) is 75.4 Å². The van der Waals surface area contributed by atoms with Crippen LogP contribution in [0.3, 0.4) is 0 Å². The Labute approximate surface area is 134 Å². The fourth-order valence-corrected chi connectivity index (χ4v) is 3.14. The smallest absolute Gasteiger partial charge is 0.339 e. The van der Waals surface area contributed by atoms with Crippen LogP contribution in [-0.2, 0) is 7.05 Å². The molecule has 120 valence electrons. The van der Waals surface area contributed by atoms with Crippen LogP contribution >= 0.6 is 0 Å². The number of aryl methyl sites for hydroxylation is 1. The number of amides is 1. The number of rotatable bonds is 3. The number of carbonyl (C=O) groups excluding carboxylic acids is 1. The quantitative estimate of drug-likeness (QED) is 0.944. The minimum absolute atomic E-state index is 0.0165. The van der Waals surface area contributed by atoms with E-state index in [-0.39, 0.29) is 23.2 Å². The van der Waals surface area contributed by atoms with Crippen molar-refractivity contribution in [1.29, 1.82) is 0 Å². The third-order valence-corrected chi connectivity index (χ3v) is 4.21. The highest BCUT2D eigenvalue weighted by Crippen LogP contribution is 2.32. The molecule has 1 aliphatic heterocycles. The normalized spacial score (nSPS) is 18.0. The molecule has 1 unspecified atom stereocenters. The molecular weight excluding hydrogens is 294 g/mol. The van der Waals surface area contributed by atoms with Gasteiger partial charge in [0.1, 0.15) is 5.56 Å². The second-order valence-corrected chi connectivity index (χ2v) is 5.79. The van der Waals surface area contributed by atoms with Gasteiger partial charge >= 0.3 is 5.97 Å². The summed E-state index contributed by atoms with van der Waals surface area (Å²) in [5, 5.41) is 13.4. The maximum Gasteiger partial charge on any atom is 0.339 e. The van der Waals surface area contributed by atoms with Crippen LogP contribution in [0.5, 0.6) is 0 Å². The summed E-state index contributed by atoms with van der Waals surface area (Å²) in [4.78, 5) is 26.0. The van der Waals surface area contributed by atoms with Crippen LogP contribution in [0.2, 0.25) is 0 Å². The van der Waals surface area contributed by atoms with Crippen molar-refractivity contribution in [3.8, 4) is 0 Å². The van der Waals surface area contributed by atoms with Gasteiger partial charge in [-0.15, -0.1) is 0 Å². The number of carbonyl (C=O) groups is 2. The van der Waals surface area contributed by atoms with Gasteiger partial charge in [-0.3, -0.25) is 9.48 Å². The minimum atomic E-state index is -1.13. The fourth-order valence-electron chi connectivity index (χ4n) is 3.14. The van der Waals surface area contributed by atoms with Gasteiger partial charge in [0.05, 0.1) is 6.04 Å². The van der Waals surface area contributed by atoms with Gasteiger partial charge in [0.25, 0.3) is 5.91 Å². The molecule has 1 amide bonds. The van der Waals surface area contributed by atoms with Crippen molar-refractivity contribution in [3.63, 3.8) is 0 Å². The first-order valence-electron chi connectivity index (χ1n) is 7.71. The highest BCUT2D eigenvalue weighted by Gasteiger charge is 2.32. The summed E-state index contributed by atoms with van der Waals surface area (Å²) >= 11 is 0. The Bertz CT molecular complexity index is 724. The van der Waals surface area contributed by atoms with Crippen LogP contribution < -0.4 is 0 Å². The largest absolute Gasteiger partial charge is 0.478 e. The molecule has 0 spiro atoms. The molecular formula is C17H19N3O3. The predicted molar refractivity (Wildman–Crippen MR) is 84.2 cm³/mol. The maximum atomic E-state index is 12.9. The molecule has 6 heteroatoms. The molecule has 1 N–H and O–H groups in total. The lowest BCUT2D eigenvalue weighted by molar-refractivity contribution is 0.0588. The highest BCUT2D eigenvalue weighted by molar-refractivity contribution is 6.03. The first kappa shape index (κ1) is 15.3. The molecule has 1 fully saturated rings. The number of nitrogens with zero attached hydrogens (tertiary/aromatic N) is 3. The van der Waals surface area contributed by atoms with Crippen molar-refractivity contribution in [1.82, 2.24) is 14.7 Å². The van der Waals surface area contributed by atoms with E-state index in [9.17, 15) is 14.7 Å². The number of hydrogen-bond acceptors (Lipinski definition) is 3. The van der Waals surface area contributed by atoms with E-state index < -0.39 is 5.97 Å². The van der Waals surface area contributed by atoms with Crippen LogP contribution in [0.15, 0.2) is 36.5 Å². The van der Waals surface area contributed by atoms with E-state index >= 15 is 0 Å². The van der Waals surface area contributed by atoms with Gasteiger partial charge in [-0.25, -0.2) is 4.79 Å². The van der Waals surface area contributed by atoms with Crippen LogP contribution in [0.1, 0.15) is 51.7 Å². The summed E-state index contributed by atoms with van der Waals surface area (Å²) in [6.07, 6.45) is 4.23. The Morgan fingerprint density at radius 1 is 1.22 bits per heavy atom. The molecule has 2 aromatic rings. The average Bonchev–Trinajstić information content (AvgIpc) is 2.97. The van der Waals surface area contributed by atoms with E-state index in [1.54, 1.807) is 11.9 Å². The number of hydrogen-bond donors (Lipinski definition) is 1. The van der Waals surface area contributed by atoms with Gasteiger partial charge in [0, 0.05) is 19.8 Å². The summed E-state index contributed by atoms with van der Waals surface area (Å²) in [6.45, 7) is 0.619. The Morgan fingerprint density at radius 3 is 2.65 bits per heavy atom. The molecule has 23 heavy (non-hydrogen) atoms. The van der Waals surface area contributed by atoms with Crippen LogP contribution in [0.4, 0.5) is 0 Å². The van der Waals surface area contributed by atoms with Crippen molar-refractivity contribution in [2.75, 3.05) is 6.54 Å². The van der Waals surface area contributed by atoms with Crippen LogP contribution in [-0.4, -0.2) is 38.2 Å². The molecule has 6 nitrogen and oxygen atoms in total. The number of carboxylic acids is 1. The monoisotopic (exact) mass is 313 g/mol. The van der Waals surface area contributed by atoms with Crippen molar-refractivity contribution < 1.29 is 14.7 Å². The van der Waals surface area contributed by atoms with Crippen molar-refractivity contribution >= 4 is 11.9 Å². The molecule has 1 atom stereocenters. The molecule has 0 bridgehead atoms. The van der Waals surface area contributed by atoms with Gasteiger partial charge in [-0.1, -0.05) is 30.3 Å². The van der Waals surface area contributed by atoms with Gasteiger partial charge < -0.3 is 10.0 Å². The van der Waals surface area contributed by atoms with Crippen LogP contribution in [0.25, 0.3) is 0 Å². The standard InChI is InChI=1S/C17H19N3O3/c1-19-11-13(17(22)23)15(18-19)16(21)20-10-6-5-9-14(20)12-7-3-2-4-8-12/h2-4,7-8,11,14H,5-6,9-10H2,1H3,(H,22,23).